The Morgan fingerprint density at radius 2 is 1.88 bits per heavy atom. The molecule has 2 rings (SSSR count). The van der Waals surface area contributed by atoms with E-state index in [2.05, 4.69) is 21.7 Å². The first-order valence-electron chi connectivity index (χ1n) is 8.10. The lowest BCUT2D eigenvalue weighted by Gasteiger charge is -2.26. The van der Waals surface area contributed by atoms with Crippen LogP contribution in [0.25, 0.3) is 0 Å². The van der Waals surface area contributed by atoms with Crippen LogP contribution in [0.2, 0.25) is 0 Å². The number of nitrogens with zero attached hydrogens (tertiary/aromatic N) is 2. The van der Waals surface area contributed by atoms with Crippen molar-refractivity contribution < 1.29 is 8.78 Å². The molecule has 1 aromatic heterocycles. The lowest BCUT2D eigenvalue weighted by Crippen LogP contribution is -2.42. The summed E-state index contributed by atoms with van der Waals surface area (Å²) >= 11 is 1.71. The summed E-state index contributed by atoms with van der Waals surface area (Å²) in [5, 5.41) is 8.42. The van der Waals surface area contributed by atoms with Crippen LogP contribution in [-0.4, -0.2) is 45.1 Å². The number of hydrogen-bond donors (Lipinski definition) is 2. The molecule has 0 aliphatic heterocycles. The van der Waals surface area contributed by atoms with Crippen LogP contribution in [0.15, 0.2) is 40.7 Å². The average molecular weight is 366 g/mol. The van der Waals surface area contributed by atoms with E-state index < -0.39 is 17.7 Å². The van der Waals surface area contributed by atoms with Gasteiger partial charge in [-0.2, -0.15) is 0 Å². The zero-order chi connectivity index (χ0) is 18.2. The minimum Gasteiger partial charge on any atom is -0.356 e. The SMILES string of the molecule is CN=C(NCCc1cccs1)NCC(c1c(F)cccc1F)N(C)C. The van der Waals surface area contributed by atoms with E-state index >= 15 is 0 Å². The molecule has 1 unspecified atom stereocenters. The van der Waals surface area contributed by atoms with Crippen molar-refractivity contribution in [1.82, 2.24) is 15.5 Å². The molecule has 136 valence electrons. The molecule has 1 heterocycles. The minimum absolute atomic E-state index is 0.0639. The molecule has 4 nitrogen and oxygen atoms in total. The summed E-state index contributed by atoms with van der Waals surface area (Å²) in [6.07, 6.45) is 0.900. The summed E-state index contributed by atoms with van der Waals surface area (Å²) in [5.74, 6) is -0.470. The molecule has 25 heavy (non-hydrogen) atoms. The van der Waals surface area contributed by atoms with Crippen molar-refractivity contribution in [2.45, 2.75) is 12.5 Å². The maximum absolute atomic E-state index is 14.1. The van der Waals surface area contributed by atoms with Crippen molar-refractivity contribution in [2.75, 3.05) is 34.2 Å². The number of thiophene rings is 1. The first-order valence-corrected chi connectivity index (χ1v) is 8.98. The molecule has 0 saturated carbocycles. The van der Waals surface area contributed by atoms with Crippen molar-refractivity contribution >= 4 is 17.3 Å². The molecule has 0 spiro atoms. The van der Waals surface area contributed by atoms with Gasteiger partial charge in [-0.1, -0.05) is 12.1 Å². The lowest BCUT2D eigenvalue weighted by molar-refractivity contribution is 0.282. The Morgan fingerprint density at radius 1 is 1.16 bits per heavy atom. The first kappa shape index (κ1) is 19.3. The normalized spacial score (nSPS) is 13.1. The number of rotatable bonds is 7. The van der Waals surface area contributed by atoms with Crippen LogP contribution in [0.4, 0.5) is 8.78 Å². The Kier molecular flexibility index (Phi) is 7.33. The molecule has 0 aliphatic rings. The van der Waals surface area contributed by atoms with Crippen LogP contribution >= 0.6 is 11.3 Å². The molecule has 7 heteroatoms. The third kappa shape index (κ3) is 5.51. The third-order valence-electron chi connectivity index (χ3n) is 3.89. The van der Waals surface area contributed by atoms with Gasteiger partial charge in [0.15, 0.2) is 5.96 Å². The molecule has 0 radical (unpaired) electrons. The fourth-order valence-corrected chi connectivity index (χ4v) is 3.25. The van der Waals surface area contributed by atoms with Crippen molar-refractivity contribution in [1.29, 1.82) is 0 Å². The lowest BCUT2D eigenvalue weighted by atomic mass is 10.0. The van der Waals surface area contributed by atoms with Crippen molar-refractivity contribution in [3.05, 3.63) is 57.8 Å². The van der Waals surface area contributed by atoms with Gasteiger partial charge in [-0.05, 0) is 44.1 Å². The molecule has 0 amide bonds. The second kappa shape index (κ2) is 9.48. The van der Waals surface area contributed by atoms with Crippen LogP contribution in [0.1, 0.15) is 16.5 Å². The fourth-order valence-electron chi connectivity index (χ4n) is 2.54. The molecule has 0 aliphatic carbocycles. The summed E-state index contributed by atoms with van der Waals surface area (Å²) in [5.41, 5.74) is 0.0639. The molecule has 2 aromatic rings. The number of nitrogens with one attached hydrogen (secondary N) is 2. The van der Waals surface area contributed by atoms with Crippen LogP contribution < -0.4 is 10.6 Å². The highest BCUT2D eigenvalue weighted by Crippen LogP contribution is 2.23. The van der Waals surface area contributed by atoms with E-state index in [1.54, 1.807) is 37.4 Å². The van der Waals surface area contributed by atoms with E-state index in [9.17, 15) is 8.78 Å². The van der Waals surface area contributed by atoms with E-state index in [1.807, 2.05) is 11.4 Å². The summed E-state index contributed by atoms with van der Waals surface area (Å²) < 4.78 is 28.2. The van der Waals surface area contributed by atoms with Gasteiger partial charge >= 0.3 is 0 Å². The molecule has 1 atom stereocenters. The van der Waals surface area contributed by atoms with E-state index in [0.29, 0.717) is 12.5 Å². The zero-order valence-electron chi connectivity index (χ0n) is 14.7. The molecule has 0 saturated heterocycles. The number of hydrogen-bond acceptors (Lipinski definition) is 3. The molecule has 2 N–H and O–H groups in total. The molecule has 0 fully saturated rings. The van der Waals surface area contributed by atoms with Gasteiger partial charge in [0, 0.05) is 30.6 Å². The Balaban J connectivity index is 1.95. The third-order valence-corrected chi connectivity index (χ3v) is 4.82. The van der Waals surface area contributed by atoms with E-state index in [-0.39, 0.29) is 5.56 Å². The maximum Gasteiger partial charge on any atom is 0.191 e. The van der Waals surface area contributed by atoms with Gasteiger partial charge in [0.1, 0.15) is 11.6 Å². The van der Waals surface area contributed by atoms with Crippen LogP contribution in [0.3, 0.4) is 0 Å². The van der Waals surface area contributed by atoms with Crippen molar-refractivity contribution in [2.24, 2.45) is 4.99 Å². The zero-order valence-corrected chi connectivity index (χ0v) is 15.5. The standard InChI is InChI=1S/C18H24F2N4S/c1-21-18(22-10-9-13-6-5-11-25-13)23-12-16(24(2)3)17-14(19)7-4-8-15(17)20/h4-8,11,16H,9-10,12H2,1-3H3,(H2,21,22,23). The number of benzene rings is 1. The van der Waals surface area contributed by atoms with Crippen molar-refractivity contribution in [3.63, 3.8) is 0 Å². The number of halogens is 2. The van der Waals surface area contributed by atoms with Gasteiger partial charge in [-0.25, -0.2) is 8.78 Å². The smallest absolute Gasteiger partial charge is 0.191 e. The minimum atomic E-state index is -0.541. The van der Waals surface area contributed by atoms with Crippen molar-refractivity contribution in [3.8, 4) is 0 Å². The Morgan fingerprint density at radius 3 is 2.44 bits per heavy atom. The molecular formula is C18H24F2N4S. The molecule has 0 bridgehead atoms. The summed E-state index contributed by atoms with van der Waals surface area (Å²) in [4.78, 5) is 7.25. The Hall–Kier alpha value is -1.99. The maximum atomic E-state index is 14.1. The van der Waals surface area contributed by atoms with Gasteiger partial charge in [-0.15, -0.1) is 11.3 Å². The van der Waals surface area contributed by atoms with Gasteiger partial charge < -0.3 is 15.5 Å². The summed E-state index contributed by atoms with van der Waals surface area (Å²) in [7, 11) is 5.27. The highest BCUT2D eigenvalue weighted by Gasteiger charge is 2.22. The predicted octanol–water partition coefficient (Wildman–Crippen LogP) is 3.04. The van der Waals surface area contributed by atoms with E-state index in [0.717, 1.165) is 13.0 Å². The summed E-state index contributed by atoms with van der Waals surface area (Å²) in [6, 6.07) is 7.60. The highest BCUT2D eigenvalue weighted by atomic mass is 32.1. The topological polar surface area (TPSA) is 39.7 Å². The van der Waals surface area contributed by atoms with Gasteiger partial charge in [0.25, 0.3) is 0 Å². The quantitative estimate of drug-likeness (QED) is 0.584. The number of aliphatic imine (C=N–C) groups is 1. The van der Waals surface area contributed by atoms with Gasteiger partial charge in [-0.3, -0.25) is 4.99 Å². The van der Waals surface area contributed by atoms with E-state index in [1.165, 1.54) is 23.1 Å². The Bertz CT molecular complexity index is 666. The predicted molar refractivity (Wildman–Crippen MR) is 100 cm³/mol. The Labute approximate surface area is 151 Å². The highest BCUT2D eigenvalue weighted by molar-refractivity contribution is 7.09. The van der Waals surface area contributed by atoms with Gasteiger partial charge in [0.05, 0.1) is 6.04 Å². The molecule has 1 aromatic carbocycles. The van der Waals surface area contributed by atoms with Crippen LogP contribution in [-0.2, 0) is 6.42 Å². The second-order valence-electron chi connectivity index (χ2n) is 5.82. The van der Waals surface area contributed by atoms with Gasteiger partial charge in [0.2, 0.25) is 0 Å². The molecular weight excluding hydrogens is 342 g/mol. The first-order chi connectivity index (χ1) is 12.0. The second-order valence-corrected chi connectivity index (χ2v) is 6.86. The number of likely N-dealkylation sites (N-methyl/N-ethyl adjacent to an activating group) is 1. The summed E-state index contributed by atoms with van der Waals surface area (Å²) in [6.45, 7) is 1.07. The average Bonchev–Trinajstić information content (AvgIpc) is 3.08. The van der Waals surface area contributed by atoms with Crippen LogP contribution in [0, 0.1) is 11.6 Å². The number of guanidine groups is 1. The monoisotopic (exact) mass is 366 g/mol. The fraction of sp³-hybridized carbons (Fsp3) is 0.389. The van der Waals surface area contributed by atoms with Crippen LogP contribution in [0.5, 0.6) is 0 Å². The van der Waals surface area contributed by atoms with E-state index in [4.69, 9.17) is 0 Å². The largest absolute Gasteiger partial charge is 0.356 e.